The fraction of sp³-hybridized carbons (Fsp3) is 0.478. The van der Waals surface area contributed by atoms with E-state index < -0.39 is 0 Å². The van der Waals surface area contributed by atoms with E-state index in [0.717, 1.165) is 0 Å². The lowest BCUT2D eigenvalue weighted by molar-refractivity contribution is 0.580. The highest BCUT2D eigenvalue weighted by molar-refractivity contribution is 5.71. The second-order valence-electron chi connectivity index (χ2n) is 9.00. The third-order valence-corrected chi connectivity index (χ3v) is 4.46. The first-order valence-corrected chi connectivity index (χ1v) is 9.01. The summed E-state index contributed by atoms with van der Waals surface area (Å²) in [5, 5.41) is 0. The van der Waals surface area contributed by atoms with Gasteiger partial charge < -0.3 is 4.90 Å². The molecule has 0 unspecified atom stereocenters. The van der Waals surface area contributed by atoms with Gasteiger partial charge in [0.15, 0.2) is 0 Å². The number of anilines is 2. The molecule has 1 nitrogen and oxygen atoms in total. The Morgan fingerprint density at radius 2 is 0.958 bits per heavy atom. The Balaban J connectivity index is 2.71. The zero-order valence-electron chi connectivity index (χ0n) is 16.6. The monoisotopic (exact) mass is 323 g/mol. The third-order valence-electron chi connectivity index (χ3n) is 4.46. The summed E-state index contributed by atoms with van der Waals surface area (Å²) in [5.41, 5.74) is 5.64. The van der Waals surface area contributed by atoms with Gasteiger partial charge in [-0.2, -0.15) is 0 Å². The molecule has 2 aromatic rings. The van der Waals surface area contributed by atoms with Gasteiger partial charge in [-0.1, -0.05) is 77.9 Å². The van der Waals surface area contributed by atoms with Crippen LogP contribution >= 0.6 is 0 Å². The van der Waals surface area contributed by atoms with Crippen LogP contribution in [0.25, 0.3) is 0 Å². The molecular weight excluding hydrogens is 290 g/mol. The van der Waals surface area contributed by atoms with Crippen molar-refractivity contribution in [3.05, 3.63) is 59.7 Å². The van der Waals surface area contributed by atoms with Crippen LogP contribution in [-0.2, 0) is 10.8 Å². The summed E-state index contributed by atoms with van der Waals surface area (Å²) in [6.45, 7) is 18.3. The van der Waals surface area contributed by atoms with Gasteiger partial charge >= 0.3 is 0 Å². The summed E-state index contributed by atoms with van der Waals surface area (Å²) < 4.78 is 0. The fourth-order valence-electron chi connectivity index (χ4n) is 3.32. The topological polar surface area (TPSA) is 3.24 Å². The van der Waals surface area contributed by atoms with Crippen molar-refractivity contribution in [1.29, 1.82) is 0 Å². The van der Waals surface area contributed by atoms with Crippen LogP contribution in [0.4, 0.5) is 11.4 Å². The number of rotatable bonds is 3. The molecule has 0 atom stereocenters. The molecule has 0 bridgehead atoms. The normalized spacial score (nSPS) is 12.5. The molecule has 0 N–H and O–H groups in total. The molecule has 2 rings (SSSR count). The zero-order chi connectivity index (χ0) is 18.1. The second kappa shape index (κ2) is 6.63. The molecule has 0 spiro atoms. The Kier molecular flexibility index (Phi) is 5.13. The Labute approximate surface area is 148 Å². The molecule has 24 heavy (non-hydrogen) atoms. The van der Waals surface area contributed by atoms with Gasteiger partial charge in [0, 0.05) is 17.4 Å². The molecule has 0 amide bonds. The van der Waals surface area contributed by atoms with Gasteiger partial charge in [0.2, 0.25) is 0 Å². The number of benzene rings is 2. The molecule has 0 fully saturated rings. The third kappa shape index (κ3) is 3.83. The molecule has 0 aliphatic heterocycles. The van der Waals surface area contributed by atoms with Crippen molar-refractivity contribution in [1.82, 2.24) is 0 Å². The van der Waals surface area contributed by atoms with Gasteiger partial charge in [0.25, 0.3) is 0 Å². The zero-order valence-corrected chi connectivity index (χ0v) is 16.6. The largest absolute Gasteiger partial charge is 0.338 e. The van der Waals surface area contributed by atoms with E-state index in [4.69, 9.17) is 0 Å². The number of nitrogens with zero attached hydrogens (tertiary/aromatic N) is 1. The lowest BCUT2D eigenvalue weighted by Crippen LogP contribution is -2.31. The van der Waals surface area contributed by atoms with Crippen molar-refractivity contribution < 1.29 is 0 Å². The van der Waals surface area contributed by atoms with Crippen LogP contribution in [0.2, 0.25) is 0 Å². The lowest BCUT2D eigenvalue weighted by atomic mass is 9.83. The average molecular weight is 324 g/mol. The smallest absolute Gasteiger partial charge is 0.0451 e. The van der Waals surface area contributed by atoms with Crippen LogP contribution in [0.1, 0.15) is 66.5 Å². The van der Waals surface area contributed by atoms with Gasteiger partial charge in [-0.15, -0.1) is 0 Å². The Bertz CT molecular complexity index is 626. The lowest BCUT2D eigenvalue weighted by Gasteiger charge is -2.37. The summed E-state index contributed by atoms with van der Waals surface area (Å²) in [5.74, 6) is 0. The molecule has 0 saturated carbocycles. The molecule has 0 saturated heterocycles. The van der Waals surface area contributed by atoms with E-state index >= 15 is 0 Å². The van der Waals surface area contributed by atoms with E-state index in [1.165, 1.54) is 22.5 Å². The summed E-state index contributed by atoms with van der Waals surface area (Å²) >= 11 is 0. The van der Waals surface area contributed by atoms with Crippen molar-refractivity contribution in [2.75, 3.05) is 4.90 Å². The average Bonchev–Trinajstić information content (AvgIpc) is 2.46. The Morgan fingerprint density at radius 1 is 0.625 bits per heavy atom. The highest BCUT2D eigenvalue weighted by atomic mass is 15.2. The molecule has 1 heteroatoms. The molecule has 0 heterocycles. The number of para-hydroxylation sites is 2. The van der Waals surface area contributed by atoms with E-state index in [9.17, 15) is 0 Å². The molecule has 0 aromatic heterocycles. The molecule has 130 valence electrons. The Hall–Kier alpha value is -1.76. The maximum absolute atomic E-state index is 2.50. The quantitative estimate of drug-likeness (QED) is 0.598. The molecule has 0 aliphatic rings. The second-order valence-corrected chi connectivity index (χ2v) is 9.00. The van der Waals surface area contributed by atoms with Crippen LogP contribution in [-0.4, -0.2) is 6.04 Å². The van der Waals surface area contributed by atoms with Crippen molar-refractivity contribution in [2.45, 2.75) is 72.3 Å². The van der Waals surface area contributed by atoms with Crippen LogP contribution in [0.3, 0.4) is 0 Å². The maximum Gasteiger partial charge on any atom is 0.0451 e. The van der Waals surface area contributed by atoms with Gasteiger partial charge in [-0.05, 0) is 47.9 Å². The number of hydrogen-bond donors (Lipinski definition) is 0. The highest BCUT2D eigenvalue weighted by Crippen LogP contribution is 2.41. The summed E-state index contributed by atoms with van der Waals surface area (Å²) in [6.07, 6.45) is 0. The van der Waals surface area contributed by atoms with Crippen molar-refractivity contribution in [3.8, 4) is 0 Å². The van der Waals surface area contributed by atoms with Crippen LogP contribution < -0.4 is 4.90 Å². The summed E-state index contributed by atoms with van der Waals surface area (Å²) in [7, 11) is 0. The highest BCUT2D eigenvalue weighted by Gasteiger charge is 2.27. The molecule has 0 radical (unpaired) electrons. The first-order valence-electron chi connectivity index (χ1n) is 9.01. The van der Waals surface area contributed by atoms with Crippen LogP contribution in [0.15, 0.2) is 48.5 Å². The van der Waals surface area contributed by atoms with E-state index in [0.29, 0.717) is 6.04 Å². The SMILES string of the molecule is CC(C)N(c1ccccc1C(C)(C)C)c1ccccc1C(C)(C)C. The predicted molar refractivity (Wildman–Crippen MR) is 108 cm³/mol. The molecule has 0 aliphatic carbocycles. The van der Waals surface area contributed by atoms with Crippen molar-refractivity contribution in [3.63, 3.8) is 0 Å². The van der Waals surface area contributed by atoms with Crippen molar-refractivity contribution >= 4 is 11.4 Å². The molecular formula is C23H33N. The first kappa shape index (κ1) is 18.6. The van der Waals surface area contributed by atoms with Gasteiger partial charge in [-0.25, -0.2) is 0 Å². The maximum atomic E-state index is 2.50. The van der Waals surface area contributed by atoms with E-state index in [-0.39, 0.29) is 10.8 Å². The molecule has 2 aromatic carbocycles. The van der Waals surface area contributed by atoms with E-state index in [1.54, 1.807) is 0 Å². The number of hydrogen-bond acceptors (Lipinski definition) is 1. The van der Waals surface area contributed by atoms with E-state index in [1.807, 2.05) is 0 Å². The van der Waals surface area contributed by atoms with Gasteiger partial charge in [0.05, 0.1) is 0 Å². The van der Waals surface area contributed by atoms with E-state index in [2.05, 4.69) is 109 Å². The summed E-state index contributed by atoms with van der Waals surface area (Å²) in [4.78, 5) is 2.50. The van der Waals surface area contributed by atoms with Crippen LogP contribution in [0, 0.1) is 0 Å². The minimum absolute atomic E-state index is 0.112. The Morgan fingerprint density at radius 3 is 1.25 bits per heavy atom. The first-order chi connectivity index (χ1) is 11.0. The van der Waals surface area contributed by atoms with Crippen LogP contribution in [0.5, 0.6) is 0 Å². The standard InChI is InChI=1S/C23H33N/c1-17(2)24(20-15-11-9-13-18(20)22(3,4)5)21-16-12-10-14-19(21)23(6,7)8/h9-17H,1-8H3. The minimum Gasteiger partial charge on any atom is -0.338 e. The van der Waals surface area contributed by atoms with Crippen molar-refractivity contribution in [2.24, 2.45) is 0 Å². The predicted octanol–water partition coefficient (Wildman–Crippen LogP) is 6.83. The minimum atomic E-state index is 0.112. The van der Waals surface area contributed by atoms with Gasteiger partial charge in [0.1, 0.15) is 0 Å². The summed E-state index contributed by atoms with van der Waals surface area (Å²) in [6, 6.07) is 18.1. The fourth-order valence-corrected chi connectivity index (χ4v) is 3.32. The van der Waals surface area contributed by atoms with Gasteiger partial charge in [-0.3, -0.25) is 0 Å².